The highest BCUT2D eigenvalue weighted by Gasteiger charge is 2.27. The molecule has 2 rings (SSSR count). The van der Waals surface area contributed by atoms with Crippen LogP contribution in [0.3, 0.4) is 0 Å². The van der Waals surface area contributed by atoms with Crippen molar-refractivity contribution in [2.45, 2.75) is 38.7 Å². The van der Waals surface area contributed by atoms with Gasteiger partial charge in [0.1, 0.15) is 5.75 Å². The van der Waals surface area contributed by atoms with Crippen LogP contribution in [-0.2, 0) is 4.79 Å². The largest absolute Gasteiger partial charge is 0.484 e. The SMILES string of the molecule is Cc1cccc(OCC(=O)N2CCCC(C)(O)CC2)c1. The second-order valence-corrected chi connectivity index (χ2v) is 5.84. The molecule has 1 N–H and O–H groups in total. The highest BCUT2D eigenvalue weighted by molar-refractivity contribution is 5.77. The first-order valence-electron chi connectivity index (χ1n) is 7.16. The van der Waals surface area contributed by atoms with Crippen LogP contribution >= 0.6 is 0 Å². The zero-order valence-corrected chi connectivity index (χ0v) is 12.3. The van der Waals surface area contributed by atoms with Gasteiger partial charge in [-0.05, 0) is 50.8 Å². The summed E-state index contributed by atoms with van der Waals surface area (Å²) < 4.78 is 5.54. The summed E-state index contributed by atoms with van der Waals surface area (Å²) in [7, 11) is 0. The fourth-order valence-corrected chi connectivity index (χ4v) is 2.45. The molecule has 1 aromatic rings. The lowest BCUT2D eigenvalue weighted by molar-refractivity contribution is -0.133. The van der Waals surface area contributed by atoms with Crippen LogP contribution in [-0.4, -0.2) is 41.2 Å². The zero-order chi connectivity index (χ0) is 14.6. The van der Waals surface area contributed by atoms with Gasteiger partial charge in [-0.2, -0.15) is 0 Å². The third-order valence-corrected chi connectivity index (χ3v) is 3.77. The molecule has 0 aromatic heterocycles. The van der Waals surface area contributed by atoms with Crippen LogP contribution in [0.15, 0.2) is 24.3 Å². The van der Waals surface area contributed by atoms with Gasteiger partial charge in [0, 0.05) is 13.1 Å². The molecule has 1 aromatic carbocycles. The molecule has 20 heavy (non-hydrogen) atoms. The summed E-state index contributed by atoms with van der Waals surface area (Å²) in [6, 6.07) is 7.68. The topological polar surface area (TPSA) is 49.8 Å². The Morgan fingerprint density at radius 1 is 1.40 bits per heavy atom. The Morgan fingerprint density at radius 2 is 2.20 bits per heavy atom. The summed E-state index contributed by atoms with van der Waals surface area (Å²) in [6.07, 6.45) is 2.21. The Bertz CT molecular complexity index is 471. The Kier molecular flexibility index (Phi) is 4.65. The van der Waals surface area contributed by atoms with E-state index in [2.05, 4.69) is 0 Å². The van der Waals surface area contributed by atoms with E-state index in [1.807, 2.05) is 38.1 Å². The van der Waals surface area contributed by atoms with E-state index in [1.54, 1.807) is 4.90 Å². The quantitative estimate of drug-likeness (QED) is 0.921. The van der Waals surface area contributed by atoms with Gasteiger partial charge in [0.15, 0.2) is 6.61 Å². The van der Waals surface area contributed by atoms with Gasteiger partial charge in [0.2, 0.25) is 0 Å². The van der Waals surface area contributed by atoms with E-state index in [-0.39, 0.29) is 12.5 Å². The molecule has 110 valence electrons. The van der Waals surface area contributed by atoms with E-state index >= 15 is 0 Å². The van der Waals surface area contributed by atoms with E-state index in [9.17, 15) is 9.90 Å². The molecule has 1 saturated heterocycles. The Morgan fingerprint density at radius 3 is 2.95 bits per heavy atom. The maximum atomic E-state index is 12.1. The van der Waals surface area contributed by atoms with Crippen molar-refractivity contribution in [3.63, 3.8) is 0 Å². The molecule has 1 aliphatic heterocycles. The number of hydrogen-bond donors (Lipinski definition) is 1. The molecule has 1 unspecified atom stereocenters. The Balaban J connectivity index is 1.85. The van der Waals surface area contributed by atoms with Gasteiger partial charge in [-0.1, -0.05) is 12.1 Å². The number of aliphatic hydroxyl groups is 1. The van der Waals surface area contributed by atoms with Crippen molar-refractivity contribution in [2.75, 3.05) is 19.7 Å². The van der Waals surface area contributed by atoms with Crippen LogP contribution in [0.4, 0.5) is 0 Å². The summed E-state index contributed by atoms with van der Waals surface area (Å²) in [6.45, 7) is 5.19. The van der Waals surface area contributed by atoms with Gasteiger partial charge in [-0.15, -0.1) is 0 Å². The Labute approximate surface area is 120 Å². The molecule has 1 fully saturated rings. The smallest absolute Gasteiger partial charge is 0.260 e. The lowest BCUT2D eigenvalue weighted by Gasteiger charge is -2.22. The summed E-state index contributed by atoms with van der Waals surface area (Å²) in [5, 5.41) is 10.0. The van der Waals surface area contributed by atoms with Crippen molar-refractivity contribution < 1.29 is 14.6 Å². The molecule has 0 bridgehead atoms. The molecule has 1 atom stereocenters. The van der Waals surface area contributed by atoms with Gasteiger partial charge in [0.05, 0.1) is 5.60 Å². The number of hydrogen-bond acceptors (Lipinski definition) is 3. The molecule has 1 heterocycles. The summed E-state index contributed by atoms with van der Waals surface area (Å²) in [5.41, 5.74) is 0.465. The third-order valence-electron chi connectivity index (χ3n) is 3.77. The Hall–Kier alpha value is -1.55. The molecular weight excluding hydrogens is 254 g/mol. The predicted octanol–water partition coefficient (Wildman–Crippen LogP) is 2.14. The second-order valence-electron chi connectivity index (χ2n) is 5.84. The van der Waals surface area contributed by atoms with E-state index in [4.69, 9.17) is 4.74 Å². The molecule has 4 nitrogen and oxygen atoms in total. The predicted molar refractivity (Wildman–Crippen MR) is 77.7 cm³/mol. The highest BCUT2D eigenvalue weighted by Crippen LogP contribution is 2.21. The number of nitrogens with zero attached hydrogens (tertiary/aromatic N) is 1. The van der Waals surface area contributed by atoms with Crippen molar-refractivity contribution in [2.24, 2.45) is 0 Å². The van der Waals surface area contributed by atoms with Crippen LogP contribution in [0.1, 0.15) is 31.7 Å². The van der Waals surface area contributed by atoms with E-state index in [1.165, 1.54) is 0 Å². The average molecular weight is 277 g/mol. The fourth-order valence-electron chi connectivity index (χ4n) is 2.45. The lowest BCUT2D eigenvalue weighted by atomic mass is 9.98. The minimum absolute atomic E-state index is 0.00999. The molecule has 1 aliphatic rings. The van der Waals surface area contributed by atoms with Crippen molar-refractivity contribution in [3.05, 3.63) is 29.8 Å². The molecular formula is C16H23NO3. The average Bonchev–Trinajstić information content (AvgIpc) is 2.57. The minimum Gasteiger partial charge on any atom is -0.484 e. The van der Waals surface area contributed by atoms with E-state index in [0.717, 1.165) is 24.2 Å². The summed E-state index contributed by atoms with van der Waals surface area (Å²) in [5.74, 6) is 0.712. The number of rotatable bonds is 3. The van der Waals surface area contributed by atoms with Gasteiger partial charge >= 0.3 is 0 Å². The number of amides is 1. The van der Waals surface area contributed by atoms with Crippen molar-refractivity contribution in [1.82, 2.24) is 4.90 Å². The second kappa shape index (κ2) is 6.27. The first-order valence-corrected chi connectivity index (χ1v) is 7.16. The fraction of sp³-hybridized carbons (Fsp3) is 0.562. The van der Waals surface area contributed by atoms with Crippen molar-refractivity contribution >= 4 is 5.91 Å². The number of carbonyl (C=O) groups excluding carboxylic acids is 1. The van der Waals surface area contributed by atoms with E-state index < -0.39 is 5.60 Å². The number of benzene rings is 1. The molecule has 4 heteroatoms. The van der Waals surface area contributed by atoms with Crippen LogP contribution < -0.4 is 4.74 Å². The summed E-state index contributed by atoms with van der Waals surface area (Å²) in [4.78, 5) is 13.9. The van der Waals surface area contributed by atoms with Crippen LogP contribution in [0.5, 0.6) is 5.75 Å². The maximum absolute atomic E-state index is 12.1. The van der Waals surface area contributed by atoms with Gasteiger partial charge in [0.25, 0.3) is 5.91 Å². The third kappa shape index (κ3) is 4.23. The van der Waals surface area contributed by atoms with E-state index in [0.29, 0.717) is 19.5 Å². The van der Waals surface area contributed by atoms with Gasteiger partial charge < -0.3 is 14.7 Å². The number of ether oxygens (including phenoxy) is 1. The van der Waals surface area contributed by atoms with Crippen LogP contribution in [0.2, 0.25) is 0 Å². The standard InChI is InChI=1S/C16H23NO3/c1-13-5-3-6-14(11-13)20-12-15(18)17-9-4-7-16(2,19)8-10-17/h3,5-6,11,19H,4,7-10,12H2,1-2H3. The van der Waals surface area contributed by atoms with Gasteiger partial charge in [-0.25, -0.2) is 0 Å². The minimum atomic E-state index is -0.646. The monoisotopic (exact) mass is 277 g/mol. The molecule has 1 amide bonds. The van der Waals surface area contributed by atoms with Crippen LogP contribution in [0, 0.1) is 6.92 Å². The zero-order valence-electron chi connectivity index (χ0n) is 12.3. The molecule has 0 radical (unpaired) electrons. The van der Waals surface area contributed by atoms with Crippen molar-refractivity contribution in [1.29, 1.82) is 0 Å². The highest BCUT2D eigenvalue weighted by atomic mass is 16.5. The van der Waals surface area contributed by atoms with Crippen molar-refractivity contribution in [3.8, 4) is 5.75 Å². The molecule has 0 saturated carbocycles. The molecule has 0 spiro atoms. The number of aryl methyl sites for hydroxylation is 1. The maximum Gasteiger partial charge on any atom is 0.260 e. The lowest BCUT2D eigenvalue weighted by Crippen LogP contribution is -2.36. The number of carbonyl (C=O) groups is 1. The first-order chi connectivity index (χ1) is 9.46. The normalized spacial score (nSPS) is 23.2. The number of likely N-dealkylation sites (tertiary alicyclic amines) is 1. The first kappa shape index (κ1) is 14.9. The molecule has 0 aliphatic carbocycles. The summed E-state index contributed by atoms with van der Waals surface area (Å²) >= 11 is 0. The van der Waals surface area contributed by atoms with Gasteiger partial charge in [-0.3, -0.25) is 4.79 Å². The van der Waals surface area contributed by atoms with Crippen LogP contribution in [0.25, 0.3) is 0 Å².